The molecule has 140 valence electrons. The lowest BCUT2D eigenvalue weighted by atomic mass is 10.1. The van der Waals surface area contributed by atoms with Crippen molar-refractivity contribution in [2.24, 2.45) is 0 Å². The predicted octanol–water partition coefficient (Wildman–Crippen LogP) is 5.17. The van der Waals surface area contributed by atoms with E-state index in [0.29, 0.717) is 21.4 Å². The van der Waals surface area contributed by atoms with Crippen LogP contribution in [0.15, 0.2) is 59.2 Å². The summed E-state index contributed by atoms with van der Waals surface area (Å²) in [7, 11) is 0. The minimum absolute atomic E-state index is 0.106. The van der Waals surface area contributed by atoms with E-state index in [0.717, 1.165) is 16.8 Å². The summed E-state index contributed by atoms with van der Waals surface area (Å²) in [5.74, 6) is -0.960. The summed E-state index contributed by atoms with van der Waals surface area (Å²) in [6.45, 7) is 3.70. The lowest BCUT2D eigenvalue weighted by molar-refractivity contribution is 0.102. The van der Waals surface area contributed by atoms with E-state index in [1.165, 1.54) is 18.3 Å². The molecule has 0 saturated carbocycles. The van der Waals surface area contributed by atoms with Gasteiger partial charge in [-0.2, -0.15) is 5.10 Å². The summed E-state index contributed by atoms with van der Waals surface area (Å²) >= 11 is 3.20. The molecule has 2 aromatic heterocycles. The molecule has 5 nitrogen and oxygen atoms in total. The molecule has 2 aromatic carbocycles. The molecule has 0 spiro atoms. The molecule has 2 heterocycles. The molecule has 0 unspecified atom stereocenters. The number of fused-ring (bicyclic) bond motifs is 1. The second kappa shape index (κ2) is 7.16. The average molecular weight is 439 g/mol. The van der Waals surface area contributed by atoms with E-state index in [-0.39, 0.29) is 5.69 Å². The van der Waals surface area contributed by atoms with Crippen LogP contribution in [0.5, 0.6) is 0 Å². The summed E-state index contributed by atoms with van der Waals surface area (Å²) in [5, 5.41) is 7.16. The number of hydrogen-bond acceptors (Lipinski definition) is 3. The first-order valence-corrected chi connectivity index (χ1v) is 9.42. The molecule has 1 N–H and O–H groups in total. The third-order valence-corrected chi connectivity index (χ3v) is 5.04. The van der Waals surface area contributed by atoms with Crippen LogP contribution in [0, 0.1) is 19.7 Å². The van der Waals surface area contributed by atoms with Gasteiger partial charge in [0.2, 0.25) is 0 Å². The maximum Gasteiger partial charge on any atom is 0.259 e. The van der Waals surface area contributed by atoms with E-state index >= 15 is 0 Å². The second-order valence-electron chi connectivity index (χ2n) is 6.40. The van der Waals surface area contributed by atoms with Gasteiger partial charge in [-0.05, 0) is 37.6 Å². The molecular formula is C21H16BrFN4O. The van der Waals surface area contributed by atoms with Crippen LogP contribution in [0.25, 0.3) is 16.8 Å². The van der Waals surface area contributed by atoms with Crippen LogP contribution < -0.4 is 5.32 Å². The number of aryl methyl sites for hydroxylation is 2. The smallest absolute Gasteiger partial charge is 0.259 e. The van der Waals surface area contributed by atoms with Gasteiger partial charge in [-0.3, -0.25) is 4.79 Å². The minimum atomic E-state index is -0.518. The van der Waals surface area contributed by atoms with Gasteiger partial charge in [-0.1, -0.05) is 46.3 Å². The van der Waals surface area contributed by atoms with E-state index in [2.05, 4.69) is 31.3 Å². The standard InChI is InChI=1S/C21H16BrFN4O/c1-12-19(14-6-4-3-5-7-14)20-24-11-16(13(2)27(20)26-12)21(28)25-18-9-8-15(22)10-17(18)23/h3-11H,1-2H3,(H,25,28). The lowest BCUT2D eigenvalue weighted by Gasteiger charge is -2.10. The van der Waals surface area contributed by atoms with Crippen molar-refractivity contribution in [1.29, 1.82) is 0 Å². The first-order chi connectivity index (χ1) is 13.5. The van der Waals surface area contributed by atoms with Crippen molar-refractivity contribution < 1.29 is 9.18 Å². The largest absolute Gasteiger partial charge is 0.319 e. The van der Waals surface area contributed by atoms with Crippen molar-refractivity contribution >= 4 is 33.2 Å². The van der Waals surface area contributed by atoms with Crippen molar-refractivity contribution in [3.05, 3.63) is 82.0 Å². The van der Waals surface area contributed by atoms with Crippen molar-refractivity contribution in [3.63, 3.8) is 0 Å². The molecule has 0 aliphatic rings. The number of amides is 1. The Labute approximate surface area is 169 Å². The summed E-state index contributed by atoms with van der Waals surface area (Å²) in [6, 6.07) is 14.3. The second-order valence-corrected chi connectivity index (χ2v) is 7.31. The summed E-state index contributed by atoms with van der Waals surface area (Å²) in [5.41, 5.74) is 4.49. The molecule has 0 radical (unpaired) electrons. The molecule has 4 rings (SSSR count). The van der Waals surface area contributed by atoms with Crippen LogP contribution >= 0.6 is 15.9 Å². The Morgan fingerprint density at radius 3 is 2.61 bits per heavy atom. The third kappa shape index (κ3) is 3.18. The highest BCUT2D eigenvalue weighted by Crippen LogP contribution is 2.28. The van der Waals surface area contributed by atoms with Crippen LogP contribution in [-0.2, 0) is 0 Å². The Morgan fingerprint density at radius 1 is 1.14 bits per heavy atom. The van der Waals surface area contributed by atoms with E-state index in [4.69, 9.17) is 0 Å². The maximum absolute atomic E-state index is 14.0. The van der Waals surface area contributed by atoms with E-state index in [9.17, 15) is 9.18 Å². The van der Waals surface area contributed by atoms with Crippen LogP contribution in [0.4, 0.5) is 10.1 Å². The molecule has 0 saturated heterocycles. The Bertz CT molecular complexity index is 1200. The van der Waals surface area contributed by atoms with Gasteiger partial charge in [-0.15, -0.1) is 0 Å². The van der Waals surface area contributed by atoms with Crippen molar-refractivity contribution in [3.8, 4) is 11.1 Å². The quantitative estimate of drug-likeness (QED) is 0.480. The number of nitrogens with zero attached hydrogens (tertiary/aromatic N) is 3. The summed E-state index contributed by atoms with van der Waals surface area (Å²) in [4.78, 5) is 17.2. The number of carbonyl (C=O) groups excluding carboxylic acids is 1. The van der Waals surface area contributed by atoms with Crippen molar-refractivity contribution in [2.45, 2.75) is 13.8 Å². The summed E-state index contributed by atoms with van der Waals surface area (Å²) < 4.78 is 16.3. The van der Waals surface area contributed by atoms with Crippen LogP contribution in [0.3, 0.4) is 0 Å². The van der Waals surface area contributed by atoms with Gasteiger partial charge in [0.1, 0.15) is 5.82 Å². The fourth-order valence-electron chi connectivity index (χ4n) is 3.15. The van der Waals surface area contributed by atoms with Gasteiger partial charge >= 0.3 is 0 Å². The Balaban J connectivity index is 1.75. The number of halogens is 2. The zero-order valence-corrected chi connectivity index (χ0v) is 16.8. The van der Waals surface area contributed by atoms with Crippen LogP contribution in [0.1, 0.15) is 21.7 Å². The number of benzene rings is 2. The fourth-order valence-corrected chi connectivity index (χ4v) is 3.48. The molecule has 0 aliphatic carbocycles. The zero-order valence-electron chi connectivity index (χ0n) is 15.2. The molecule has 0 bridgehead atoms. The first kappa shape index (κ1) is 18.3. The number of aromatic nitrogens is 3. The minimum Gasteiger partial charge on any atom is -0.319 e. The van der Waals surface area contributed by atoms with Gasteiger partial charge < -0.3 is 5.32 Å². The molecule has 0 atom stereocenters. The van der Waals surface area contributed by atoms with E-state index < -0.39 is 11.7 Å². The first-order valence-electron chi connectivity index (χ1n) is 8.62. The Morgan fingerprint density at radius 2 is 1.89 bits per heavy atom. The topological polar surface area (TPSA) is 59.3 Å². The highest BCUT2D eigenvalue weighted by atomic mass is 79.9. The van der Waals surface area contributed by atoms with Gasteiger partial charge in [0.05, 0.1) is 22.6 Å². The van der Waals surface area contributed by atoms with Gasteiger partial charge in [0, 0.05) is 16.2 Å². The Kier molecular flexibility index (Phi) is 4.68. The average Bonchev–Trinajstić information content (AvgIpc) is 3.02. The molecule has 0 fully saturated rings. The molecule has 7 heteroatoms. The van der Waals surface area contributed by atoms with Crippen molar-refractivity contribution in [1.82, 2.24) is 14.6 Å². The fraction of sp³-hybridized carbons (Fsp3) is 0.0952. The molecule has 28 heavy (non-hydrogen) atoms. The maximum atomic E-state index is 14.0. The number of nitrogens with one attached hydrogen (secondary N) is 1. The highest BCUT2D eigenvalue weighted by molar-refractivity contribution is 9.10. The SMILES string of the molecule is Cc1nn2c(C)c(C(=O)Nc3ccc(Br)cc3F)cnc2c1-c1ccccc1. The van der Waals surface area contributed by atoms with Gasteiger partial charge in [0.25, 0.3) is 5.91 Å². The molecular weight excluding hydrogens is 423 g/mol. The normalized spacial score (nSPS) is 11.0. The lowest BCUT2D eigenvalue weighted by Crippen LogP contribution is -2.17. The number of carbonyl (C=O) groups is 1. The third-order valence-electron chi connectivity index (χ3n) is 4.55. The number of anilines is 1. The number of hydrogen-bond donors (Lipinski definition) is 1. The van der Waals surface area contributed by atoms with E-state index in [1.807, 2.05) is 37.3 Å². The van der Waals surface area contributed by atoms with Crippen LogP contribution in [-0.4, -0.2) is 20.5 Å². The van der Waals surface area contributed by atoms with E-state index in [1.54, 1.807) is 17.5 Å². The van der Waals surface area contributed by atoms with Gasteiger partial charge in [-0.25, -0.2) is 13.9 Å². The molecule has 1 amide bonds. The monoisotopic (exact) mass is 438 g/mol. The van der Waals surface area contributed by atoms with Gasteiger partial charge in [0.15, 0.2) is 5.65 Å². The number of rotatable bonds is 3. The van der Waals surface area contributed by atoms with Crippen LogP contribution in [0.2, 0.25) is 0 Å². The predicted molar refractivity (Wildman–Crippen MR) is 110 cm³/mol. The highest BCUT2D eigenvalue weighted by Gasteiger charge is 2.19. The Hall–Kier alpha value is -3.06. The molecule has 4 aromatic rings. The summed E-state index contributed by atoms with van der Waals surface area (Å²) in [6.07, 6.45) is 1.50. The van der Waals surface area contributed by atoms with Crippen molar-refractivity contribution in [2.75, 3.05) is 5.32 Å². The zero-order chi connectivity index (χ0) is 19.8. The molecule has 0 aliphatic heterocycles.